The van der Waals surface area contributed by atoms with E-state index >= 15 is 0 Å². The second-order valence-corrected chi connectivity index (χ2v) is 5.31. The first kappa shape index (κ1) is 15.3. The topological polar surface area (TPSA) is 12.0 Å². The highest BCUT2D eigenvalue weighted by atomic mass is 32.2. The zero-order chi connectivity index (χ0) is 11.4. The summed E-state index contributed by atoms with van der Waals surface area (Å²) in [7, 11) is 0. The van der Waals surface area contributed by atoms with Gasteiger partial charge in [0.2, 0.25) is 0 Å². The van der Waals surface area contributed by atoms with Crippen molar-refractivity contribution < 1.29 is 0 Å². The summed E-state index contributed by atoms with van der Waals surface area (Å²) in [6.07, 6.45) is 10.4. The summed E-state index contributed by atoms with van der Waals surface area (Å²) < 4.78 is 0. The van der Waals surface area contributed by atoms with Gasteiger partial charge in [-0.25, -0.2) is 0 Å². The first-order chi connectivity index (χ1) is 7.35. The van der Waals surface area contributed by atoms with E-state index in [2.05, 4.69) is 25.4 Å². The summed E-state index contributed by atoms with van der Waals surface area (Å²) in [6, 6.07) is 0. The molecule has 0 aliphatic heterocycles. The van der Waals surface area contributed by atoms with Crippen LogP contribution in [0.25, 0.3) is 0 Å². The van der Waals surface area contributed by atoms with Crippen LogP contribution in [-0.2, 0) is 0 Å². The quantitative estimate of drug-likeness (QED) is 0.541. The van der Waals surface area contributed by atoms with E-state index in [-0.39, 0.29) is 0 Å². The van der Waals surface area contributed by atoms with Gasteiger partial charge in [0.15, 0.2) is 0 Å². The average molecular weight is 231 g/mol. The van der Waals surface area contributed by atoms with E-state index < -0.39 is 0 Å². The summed E-state index contributed by atoms with van der Waals surface area (Å²) in [6.45, 7) is 7.04. The molecule has 0 aliphatic rings. The molecule has 0 rings (SSSR count). The molecule has 0 fully saturated rings. The molecule has 1 atom stereocenters. The summed E-state index contributed by atoms with van der Waals surface area (Å²) >= 11 is 1.95. The molecule has 0 bridgehead atoms. The molecule has 0 aliphatic carbocycles. The molecule has 1 unspecified atom stereocenters. The smallest absolute Gasteiger partial charge is 0.00206 e. The minimum Gasteiger partial charge on any atom is -0.316 e. The lowest BCUT2D eigenvalue weighted by atomic mass is 9.99. The number of unbranched alkanes of at least 4 members (excludes halogenated alkanes) is 2. The summed E-state index contributed by atoms with van der Waals surface area (Å²) in [5, 5.41) is 3.59. The second kappa shape index (κ2) is 12.4. The molecule has 92 valence electrons. The molecule has 0 spiro atoms. The normalized spacial score (nSPS) is 13.0. The van der Waals surface area contributed by atoms with Crippen molar-refractivity contribution in [3.63, 3.8) is 0 Å². The predicted molar refractivity (Wildman–Crippen MR) is 73.8 cm³/mol. The highest BCUT2D eigenvalue weighted by molar-refractivity contribution is 7.98. The van der Waals surface area contributed by atoms with Crippen molar-refractivity contribution in [2.75, 3.05) is 25.1 Å². The van der Waals surface area contributed by atoms with Gasteiger partial charge in [-0.1, -0.05) is 33.1 Å². The molecule has 1 N–H and O–H groups in total. The minimum absolute atomic E-state index is 0.908. The van der Waals surface area contributed by atoms with E-state index in [1.807, 2.05) is 11.8 Å². The molecule has 0 saturated carbocycles. The van der Waals surface area contributed by atoms with Gasteiger partial charge in [-0.2, -0.15) is 11.8 Å². The fraction of sp³-hybridized carbons (Fsp3) is 1.00. The molecular formula is C13H29NS. The Balaban J connectivity index is 3.22. The Bertz CT molecular complexity index is 117. The van der Waals surface area contributed by atoms with Crippen molar-refractivity contribution in [1.29, 1.82) is 0 Å². The van der Waals surface area contributed by atoms with Gasteiger partial charge in [0.1, 0.15) is 0 Å². The minimum atomic E-state index is 0.908. The van der Waals surface area contributed by atoms with Crippen LogP contribution >= 0.6 is 11.8 Å². The molecule has 0 aromatic carbocycles. The first-order valence-electron chi connectivity index (χ1n) is 6.54. The molecule has 2 heteroatoms. The van der Waals surface area contributed by atoms with Gasteiger partial charge < -0.3 is 5.32 Å². The first-order valence-corrected chi connectivity index (χ1v) is 7.94. The Labute approximate surface area is 101 Å². The molecule has 0 aromatic rings. The predicted octanol–water partition coefficient (Wildman–Crippen LogP) is 3.94. The lowest BCUT2D eigenvalue weighted by molar-refractivity contribution is 0.418. The average Bonchev–Trinajstić information content (AvgIpc) is 2.27. The molecule has 0 amide bonds. The Kier molecular flexibility index (Phi) is 12.6. The van der Waals surface area contributed by atoms with Crippen LogP contribution in [0.2, 0.25) is 0 Å². The second-order valence-electron chi connectivity index (χ2n) is 4.32. The number of nitrogens with one attached hydrogen (secondary N) is 1. The van der Waals surface area contributed by atoms with Gasteiger partial charge in [0.25, 0.3) is 0 Å². The summed E-state index contributed by atoms with van der Waals surface area (Å²) in [5.41, 5.74) is 0. The van der Waals surface area contributed by atoms with Gasteiger partial charge in [-0.05, 0) is 50.3 Å². The van der Waals surface area contributed by atoms with Crippen LogP contribution in [0.1, 0.15) is 52.4 Å². The van der Waals surface area contributed by atoms with Gasteiger partial charge in [0.05, 0.1) is 0 Å². The molecule has 0 saturated heterocycles. The van der Waals surface area contributed by atoms with E-state index in [1.54, 1.807) is 0 Å². The molecule has 15 heavy (non-hydrogen) atoms. The fourth-order valence-electron chi connectivity index (χ4n) is 1.75. The third-order valence-electron chi connectivity index (χ3n) is 2.93. The van der Waals surface area contributed by atoms with Crippen LogP contribution in [0.4, 0.5) is 0 Å². The van der Waals surface area contributed by atoms with Gasteiger partial charge in [-0.3, -0.25) is 0 Å². The van der Waals surface area contributed by atoms with E-state index in [9.17, 15) is 0 Å². The SMILES string of the molecule is CCCCC(CC)CNCCCCSC. The number of hydrogen-bond acceptors (Lipinski definition) is 2. The van der Waals surface area contributed by atoms with E-state index in [0.29, 0.717) is 0 Å². The Morgan fingerprint density at radius 1 is 1.13 bits per heavy atom. The fourth-order valence-corrected chi connectivity index (χ4v) is 2.24. The number of thioether (sulfide) groups is 1. The van der Waals surface area contributed by atoms with Crippen LogP contribution in [0.15, 0.2) is 0 Å². The Hall–Kier alpha value is 0.310. The highest BCUT2D eigenvalue weighted by Gasteiger charge is 2.04. The Morgan fingerprint density at radius 3 is 2.53 bits per heavy atom. The van der Waals surface area contributed by atoms with Crippen LogP contribution in [0.5, 0.6) is 0 Å². The lowest BCUT2D eigenvalue weighted by Gasteiger charge is -2.15. The van der Waals surface area contributed by atoms with Gasteiger partial charge in [-0.15, -0.1) is 0 Å². The van der Waals surface area contributed by atoms with Crippen LogP contribution < -0.4 is 5.32 Å². The van der Waals surface area contributed by atoms with E-state index in [1.165, 1.54) is 57.4 Å². The highest BCUT2D eigenvalue weighted by Crippen LogP contribution is 2.11. The summed E-state index contributed by atoms with van der Waals surface area (Å²) in [4.78, 5) is 0. The molecule has 0 aromatic heterocycles. The van der Waals surface area contributed by atoms with Crippen LogP contribution in [0.3, 0.4) is 0 Å². The van der Waals surface area contributed by atoms with E-state index in [4.69, 9.17) is 0 Å². The Morgan fingerprint density at radius 2 is 1.93 bits per heavy atom. The van der Waals surface area contributed by atoms with Crippen molar-refractivity contribution in [2.45, 2.75) is 52.4 Å². The molecule has 0 heterocycles. The number of hydrogen-bond donors (Lipinski definition) is 1. The summed E-state index contributed by atoms with van der Waals surface area (Å²) in [5.74, 6) is 2.22. The van der Waals surface area contributed by atoms with Gasteiger partial charge in [0, 0.05) is 0 Å². The van der Waals surface area contributed by atoms with Crippen molar-refractivity contribution in [3.05, 3.63) is 0 Å². The standard InChI is InChI=1S/C13H29NS/c1-4-6-9-13(5-2)12-14-10-7-8-11-15-3/h13-14H,4-12H2,1-3H3. The maximum Gasteiger partial charge on any atom is -0.00206 e. The molecule has 0 radical (unpaired) electrons. The maximum absolute atomic E-state index is 3.59. The largest absolute Gasteiger partial charge is 0.316 e. The molecular weight excluding hydrogens is 202 g/mol. The third-order valence-corrected chi connectivity index (χ3v) is 3.63. The zero-order valence-corrected chi connectivity index (χ0v) is 11.7. The van der Waals surface area contributed by atoms with Crippen molar-refractivity contribution in [2.24, 2.45) is 5.92 Å². The van der Waals surface area contributed by atoms with Gasteiger partial charge >= 0.3 is 0 Å². The monoisotopic (exact) mass is 231 g/mol. The van der Waals surface area contributed by atoms with Crippen LogP contribution in [0, 0.1) is 5.92 Å². The number of rotatable bonds is 11. The third kappa shape index (κ3) is 10.6. The maximum atomic E-state index is 3.59. The molecule has 1 nitrogen and oxygen atoms in total. The lowest BCUT2D eigenvalue weighted by Crippen LogP contribution is -2.23. The van der Waals surface area contributed by atoms with Crippen molar-refractivity contribution >= 4 is 11.8 Å². The van der Waals surface area contributed by atoms with Crippen molar-refractivity contribution in [3.8, 4) is 0 Å². The van der Waals surface area contributed by atoms with Crippen LogP contribution in [-0.4, -0.2) is 25.1 Å². The van der Waals surface area contributed by atoms with E-state index in [0.717, 1.165) is 5.92 Å². The van der Waals surface area contributed by atoms with Crippen molar-refractivity contribution in [1.82, 2.24) is 5.32 Å². The zero-order valence-electron chi connectivity index (χ0n) is 10.8.